The number of imidazole rings is 1. The van der Waals surface area contributed by atoms with Gasteiger partial charge in [-0.1, -0.05) is 86.6 Å². The van der Waals surface area contributed by atoms with Gasteiger partial charge in [0.15, 0.2) is 0 Å². The van der Waals surface area contributed by atoms with Gasteiger partial charge in [0, 0.05) is 57.3 Å². The van der Waals surface area contributed by atoms with Crippen LogP contribution in [0, 0.1) is 0 Å². The number of fused-ring (bicyclic) bond motifs is 12. The summed E-state index contributed by atoms with van der Waals surface area (Å²) in [6.45, 7) is 4.67. The second kappa shape index (κ2) is 11.0. The van der Waals surface area contributed by atoms with E-state index in [0.29, 0.717) is 0 Å². The molecule has 0 saturated heterocycles. The molecule has 6 heteroatoms. The van der Waals surface area contributed by atoms with Crippen LogP contribution in [0.15, 0.2) is 164 Å². The zero-order chi connectivity index (χ0) is 35.3. The highest BCUT2D eigenvalue weighted by Gasteiger charge is 2.39. The van der Waals surface area contributed by atoms with Crippen molar-refractivity contribution >= 4 is 66.3 Å². The molecule has 0 atom stereocenters. The first-order chi connectivity index (χ1) is 26.1. The van der Waals surface area contributed by atoms with E-state index >= 15 is 0 Å². The quantitative estimate of drug-likeness (QED) is 0.173. The smallest absolute Gasteiger partial charge is 0.145 e. The number of para-hydroxylation sites is 3. The van der Waals surface area contributed by atoms with Gasteiger partial charge in [-0.3, -0.25) is 8.97 Å². The van der Waals surface area contributed by atoms with E-state index in [9.17, 15) is 0 Å². The number of rotatable bonds is 4. The third-order valence-corrected chi connectivity index (χ3v) is 11.0. The molecule has 5 heterocycles. The van der Waals surface area contributed by atoms with Gasteiger partial charge >= 0.3 is 0 Å². The topological polar surface area (TPSA) is 47.6 Å². The second-order valence-corrected chi connectivity index (χ2v) is 14.3. The fourth-order valence-electron chi connectivity index (χ4n) is 8.64. The predicted molar refractivity (Wildman–Crippen MR) is 216 cm³/mol. The summed E-state index contributed by atoms with van der Waals surface area (Å²) in [5, 5.41) is 5.63. The molecule has 6 aromatic carbocycles. The lowest BCUT2D eigenvalue weighted by Crippen LogP contribution is -2.31. The summed E-state index contributed by atoms with van der Waals surface area (Å²) in [4.78, 5) is 12.2. The molecule has 0 spiro atoms. The van der Waals surface area contributed by atoms with Crippen LogP contribution in [-0.4, -0.2) is 18.9 Å². The van der Waals surface area contributed by atoms with Crippen molar-refractivity contribution < 1.29 is 4.74 Å². The third kappa shape index (κ3) is 4.26. The molecule has 1 aliphatic rings. The first-order valence-electron chi connectivity index (χ1n) is 18.0. The summed E-state index contributed by atoms with van der Waals surface area (Å²) in [5.74, 6) is 1.49. The highest BCUT2D eigenvalue weighted by atomic mass is 16.5. The Morgan fingerprint density at radius 3 is 2.21 bits per heavy atom. The van der Waals surface area contributed by atoms with Gasteiger partial charge in [0.05, 0.1) is 28.1 Å². The van der Waals surface area contributed by atoms with Crippen molar-refractivity contribution in [1.82, 2.24) is 18.9 Å². The fourth-order valence-corrected chi connectivity index (χ4v) is 8.64. The van der Waals surface area contributed by atoms with Crippen molar-refractivity contribution in [3.63, 3.8) is 0 Å². The number of hydrogen-bond acceptors (Lipinski definition) is 4. The monoisotopic (exact) mass is 683 g/mol. The lowest BCUT2D eigenvalue weighted by atomic mass is 9.73. The maximum atomic E-state index is 6.69. The van der Waals surface area contributed by atoms with Crippen molar-refractivity contribution in [2.45, 2.75) is 19.3 Å². The van der Waals surface area contributed by atoms with E-state index in [4.69, 9.17) is 14.7 Å². The van der Waals surface area contributed by atoms with Crippen LogP contribution >= 0.6 is 0 Å². The molecule has 10 aromatic rings. The van der Waals surface area contributed by atoms with E-state index in [-0.39, 0.29) is 5.41 Å². The molecule has 1 aliphatic heterocycles. The fraction of sp³-hybridized carbons (Fsp3) is 0.0638. The Morgan fingerprint density at radius 2 is 1.28 bits per heavy atom. The number of hydrogen-bond donors (Lipinski definition) is 0. The molecule has 0 unspecified atom stereocenters. The molecule has 6 nitrogen and oxygen atoms in total. The maximum absolute atomic E-state index is 6.69. The van der Waals surface area contributed by atoms with E-state index in [2.05, 4.69) is 161 Å². The summed E-state index contributed by atoms with van der Waals surface area (Å²) in [5.41, 5.74) is 10.8. The van der Waals surface area contributed by atoms with Gasteiger partial charge in [0.2, 0.25) is 0 Å². The molecule has 11 rings (SSSR count). The largest absolute Gasteiger partial charge is 0.457 e. The van der Waals surface area contributed by atoms with Crippen molar-refractivity contribution in [1.29, 1.82) is 0 Å². The first-order valence-corrected chi connectivity index (χ1v) is 18.0. The standard InChI is InChI=1S/C47H33N5O/c1-47(2)39-18-7-9-20-42(39)51(30-12-4-3-5-13-30)44-40(47)24-23-36-37-17-11-25-48-46(37)52(43(36)44)31-14-10-15-32(28-31)53-33-21-22-34-35-16-6-8-19-41(35)50-27-26-49-45(50)38(34)29-33/h3-29H,1-2H3. The van der Waals surface area contributed by atoms with E-state index in [0.717, 1.165) is 72.4 Å². The average Bonchev–Trinajstić information content (AvgIpc) is 3.83. The first kappa shape index (κ1) is 29.8. The van der Waals surface area contributed by atoms with Crippen LogP contribution in [0.4, 0.5) is 17.1 Å². The SMILES string of the molecule is CC1(C)c2ccccc2N(c2ccccc2)c2c1ccc1c3cccnc3n(-c3cccc(Oc4ccc5c6ccccc6n6ccnc6c5c4)c3)c21. The highest BCUT2D eigenvalue weighted by molar-refractivity contribution is 6.15. The van der Waals surface area contributed by atoms with Crippen molar-refractivity contribution in [2.75, 3.05) is 4.90 Å². The Kier molecular flexibility index (Phi) is 6.20. The number of ether oxygens (including phenoxy) is 1. The Bertz CT molecular complexity index is 3080. The van der Waals surface area contributed by atoms with Crippen molar-refractivity contribution in [3.8, 4) is 17.2 Å². The summed E-state index contributed by atoms with van der Waals surface area (Å²) in [6.07, 6.45) is 5.76. The van der Waals surface area contributed by atoms with Crippen LogP contribution in [0.25, 0.3) is 54.9 Å². The van der Waals surface area contributed by atoms with Gasteiger partial charge in [-0.05, 0) is 83.2 Å². The zero-order valence-electron chi connectivity index (χ0n) is 29.2. The molecule has 0 aliphatic carbocycles. The van der Waals surface area contributed by atoms with Crippen LogP contribution in [0.3, 0.4) is 0 Å². The Hall–Kier alpha value is -6.92. The molecular formula is C47H33N5O. The van der Waals surface area contributed by atoms with Crippen molar-refractivity contribution in [2.24, 2.45) is 0 Å². The van der Waals surface area contributed by atoms with E-state index < -0.39 is 0 Å². The summed E-state index contributed by atoms with van der Waals surface area (Å²) in [6, 6.07) is 51.4. The molecule has 0 radical (unpaired) electrons. The van der Waals surface area contributed by atoms with Gasteiger partial charge in [-0.2, -0.15) is 0 Å². The summed E-state index contributed by atoms with van der Waals surface area (Å²) >= 11 is 0. The van der Waals surface area contributed by atoms with Gasteiger partial charge in [0.25, 0.3) is 0 Å². The van der Waals surface area contributed by atoms with Crippen LogP contribution in [-0.2, 0) is 5.41 Å². The van der Waals surface area contributed by atoms with E-state index in [1.165, 1.54) is 22.2 Å². The van der Waals surface area contributed by atoms with Crippen LogP contribution in [0.1, 0.15) is 25.0 Å². The predicted octanol–water partition coefficient (Wildman–Crippen LogP) is 12.0. The normalized spacial score (nSPS) is 13.6. The van der Waals surface area contributed by atoms with E-state index in [1.54, 1.807) is 0 Å². The molecule has 0 amide bonds. The highest BCUT2D eigenvalue weighted by Crippen LogP contribution is 2.55. The maximum Gasteiger partial charge on any atom is 0.145 e. The third-order valence-electron chi connectivity index (χ3n) is 11.0. The molecule has 53 heavy (non-hydrogen) atoms. The lowest BCUT2D eigenvalue weighted by molar-refractivity contribution is 0.483. The number of aromatic nitrogens is 4. The lowest BCUT2D eigenvalue weighted by Gasteiger charge is -2.42. The number of benzene rings is 6. The number of anilines is 3. The second-order valence-electron chi connectivity index (χ2n) is 14.3. The molecule has 4 aromatic heterocycles. The Morgan fingerprint density at radius 1 is 0.528 bits per heavy atom. The number of nitrogens with zero attached hydrogens (tertiary/aromatic N) is 5. The minimum absolute atomic E-state index is 0.243. The molecule has 0 N–H and O–H groups in total. The van der Waals surface area contributed by atoms with Crippen molar-refractivity contribution in [3.05, 3.63) is 175 Å². The molecule has 0 saturated carbocycles. The van der Waals surface area contributed by atoms with Gasteiger partial charge in [-0.25, -0.2) is 9.97 Å². The molecule has 0 bridgehead atoms. The zero-order valence-corrected chi connectivity index (χ0v) is 29.2. The minimum Gasteiger partial charge on any atom is -0.457 e. The minimum atomic E-state index is -0.243. The molecular weight excluding hydrogens is 651 g/mol. The average molecular weight is 684 g/mol. The van der Waals surface area contributed by atoms with Crippen LogP contribution in [0.2, 0.25) is 0 Å². The van der Waals surface area contributed by atoms with Crippen LogP contribution < -0.4 is 9.64 Å². The van der Waals surface area contributed by atoms with Gasteiger partial charge in [-0.15, -0.1) is 0 Å². The number of pyridine rings is 2. The molecule has 0 fully saturated rings. The summed E-state index contributed by atoms with van der Waals surface area (Å²) < 4.78 is 11.2. The Labute approximate surface area is 305 Å². The molecule has 252 valence electrons. The van der Waals surface area contributed by atoms with Crippen LogP contribution in [0.5, 0.6) is 11.5 Å². The van der Waals surface area contributed by atoms with Gasteiger partial charge in [0.1, 0.15) is 22.8 Å². The Balaban J connectivity index is 1.12. The van der Waals surface area contributed by atoms with E-state index in [1.807, 2.05) is 30.7 Å². The van der Waals surface area contributed by atoms with Gasteiger partial charge < -0.3 is 9.64 Å². The summed E-state index contributed by atoms with van der Waals surface area (Å²) in [7, 11) is 0.